The number of hydrogen-bond acceptors (Lipinski definition) is 5. The summed E-state index contributed by atoms with van der Waals surface area (Å²) in [5.74, 6) is 1.79. The molecule has 5 nitrogen and oxygen atoms in total. The van der Waals surface area contributed by atoms with Gasteiger partial charge < -0.3 is 8.83 Å². The average Bonchev–Trinajstić information content (AvgIpc) is 3.74. The van der Waals surface area contributed by atoms with E-state index in [2.05, 4.69) is 66.7 Å². The molecule has 0 bridgehead atoms. The molecular weight excluding hydrogens is 590 g/mol. The van der Waals surface area contributed by atoms with Crippen molar-refractivity contribution in [3.8, 4) is 45.3 Å². The average molecular weight is 616 g/mol. The van der Waals surface area contributed by atoms with E-state index in [1.165, 1.54) is 0 Å². The van der Waals surface area contributed by atoms with Crippen LogP contribution in [-0.2, 0) is 0 Å². The maximum atomic E-state index is 6.57. The normalized spacial score (nSPS) is 11.8. The molecule has 5 heteroatoms. The highest BCUT2D eigenvalue weighted by atomic mass is 16.3. The van der Waals surface area contributed by atoms with Crippen LogP contribution in [0.3, 0.4) is 0 Å². The maximum Gasteiger partial charge on any atom is 0.164 e. The van der Waals surface area contributed by atoms with Gasteiger partial charge in [-0.2, -0.15) is 0 Å². The molecule has 48 heavy (non-hydrogen) atoms. The third-order valence-electron chi connectivity index (χ3n) is 9.13. The first kappa shape index (κ1) is 26.6. The van der Waals surface area contributed by atoms with Crippen molar-refractivity contribution in [2.45, 2.75) is 0 Å². The molecule has 0 fully saturated rings. The van der Waals surface area contributed by atoms with Crippen LogP contribution < -0.4 is 0 Å². The summed E-state index contributed by atoms with van der Waals surface area (Å²) in [7, 11) is 0. The van der Waals surface area contributed by atoms with Crippen LogP contribution in [0.2, 0.25) is 0 Å². The van der Waals surface area contributed by atoms with Crippen LogP contribution in [-0.4, -0.2) is 15.0 Å². The Morgan fingerprint density at radius 3 is 1.83 bits per heavy atom. The van der Waals surface area contributed by atoms with E-state index in [0.717, 1.165) is 82.5 Å². The van der Waals surface area contributed by atoms with E-state index in [0.29, 0.717) is 17.5 Å². The Morgan fingerprint density at radius 2 is 0.979 bits per heavy atom. The van der Waals surface area contributed by atoms with Crippen molar-refractivity contribution in [3.05, 3.63) is 152 Å². The van der Waals surface area contributed by atoms with Crippen molar-refractivity contribution in [1.82, 2.24) is 15.0 Å². The minimum absolute atomic E-state index is 0.587. The molecule has 0 atom stereocenters. The predicted molar refractivity (Wildman–Crippen MR) is 194 cm³/mol. The topological polar surface area (TPSA) is 65.0 Å². The Kier molecular flexibility index (Phi) is 5.81. The van der Waals surface area contributed by atoms with Gasteiger partial charge in [0, 0.05) is 43.8 Å². The van der Waals surface area contributed by atoms with E-state index in [-0.39, 0.29) is 0 Å². The number of furan rings is 2. The van der Waals surface area contributed by atoms with Crippen LogP contribution in [0.25, 0.3) is 99.9 Å². The van der Waals surface area contributed by atoms with Crippen molar-refractivity contribution >= 4 is 54.6 Å². The molecule has 3 heterocycles. The second-order valence-electron chi connectivity index (χ2n) is 12.0. The maximum absolute atomic E-state index is 6.57. The van der Waals surface area contributed by atoms with Crippen molar-refractivity contribution < 1.29 is 8.83 Å². The fraction of sp³-hybridized carbons (Fsp3) is 0. The second kappa shape index (κ2) is 10.5. The second-order valence-corrected chi connectivity index (χ2v) is 12.0. The standard InChI is InChI=1S/C43H25N3O2/c1-3-11-26(12-4-1)30-16-9-17-32-39-33(18-10-20-36(39)48-40(30)32)43-45-41(28-13-5-2-6-14-28)44-42(46-43)29-22-21-27-23-24-37-38(34(27)25-29)31-15-7-8-19-35(31)47-37/h1-25H. The first-order valence-electron chi connectivity index (χ1n) is 15.9. The lowest BCUT2D eigenvalue weighted by Gasteiger charge is -2.10. The SMILES string of the molecule is c1ccc(-c2nc(-c3ccc4ccc5oc6ccccc6c5c4c3)nc(-c3cccc4oc5c(-c6ccccc6)cccc5c34)n2)cc1. The Labute approximate surface area is 274 Å². The molecule has 0 N–H and O–H groups in total. The molecule has 0 saturated heterocycles. The molecule has 0 aliphatic heterocycles. The van der Waals surface area contributed by atoms with Crippen molar-refractivity contribution in [1.29, 1.82) is 0 Å². The third kappa shape index (κ3) is 4.15. The Morgan fingerprint density at radius 1 is 0.354 bits per heavy atom. The molecule has 0 amide bonds. The minimum atomic E-state index is 0.587. The first-order valence-corrected chi connectivity index (χ1v) is 15.9. The van der Waals surface area contributed by atoms with Gasteiger partial charge in [-0.05, 0) is 40.6 Å². The summed E-state index contributed by atoms with van der Waals surface area (Å²) < 4.78 is 12.8. The number of benzene rings is 7. The van der Waals surface area contributed by atoms with Crippen LogP contribution in [0, 0.1) is 0 Å². The molecule has 0 aliphatic carbocycles. The van der Waals surface area contributed by atoms with Gasteiger partial charge in [-0.15, -0.1) is 0 Å². The lowest BCUT2D eigenvalue weighted by Crippen LogP contribution is -2.00. The number of para-hydroxylation sites is 2. The van der Waals surface area contributed by atoms with Gasteiger partial charge in [0.15, 0.2) is 17.5 Å². The van der Waals surface area contributed by atoms with Gasteiger partial charge in [0.05, 0.1) is 0 Å². The monoisotopic (exact) mass is 615 g/mol. The summed E-state index contributed by atoms with van der Waals surface area (Å²) in [6, 6.07) is 51.5. The van der Waals surface area contributed by atoms with E-state index in [1.807, 2.05) is 84.9 Å². The van der Waals surface area contributed by atoms with Gasteiger partial charge in [0.25, 0.3) is 0 Å². The summed E-state index contributed by atoms with van der Waals surface area (Å²) >= 11 is 0. The fourth-order valence-electron chi connectivity index (χ4n) is 6.90. The molecule has 3 aromatic heterocycles. The van der Waals surface area contributed by atoms with Crippen LogP contribution in [0.15, 0.2) is 160 Å². The van der Waals surface area contributed by atoms with Crippen molar-refractivity contribution in [2.24, 2.45) is 0 Å². The van der Waals surface area contributed by atoms with Crippen LogP contribution in [0.4, 0.5) is 0 Å². The molecule has 7 aromatic carbocycles. The Hall–Kier alpha value is -6.59. The van der Waals surface area contributed by atoms with E-state index in [9.17, 15) is 0 Å². The van der Waals surface area contributed by atoms with Gasteiger partial charge in [-0.25, -0.2) is 15.0 Å². The van der Waals surface area contributed by atoms with Gasteiger partial charge in [0.2, 0.25) is 0 Å². The van der Waals surface area contributed by atoms with Crippen molar-refractivity contribution in [2.75, 3.05) is 0 Å². The first-order chi connectivity index (χ1) is 23.8. The van der Waals surface area contributed by atoms with Crippen LogP contribution in [0.5, 0.6) is 0 Å². The van der Waals surface area contributed by atoms with E-state index in [1.54, 1.807) is 0 Å². The summed E-state index contributed by atoms with van der Waals surface area (Å²) in [6.45, 7) is 0. The minimum Gasteiger partial charge on any atom is -0.456 e. The molecule has 0 aliphatic rings. The highest BCUT2D eigenvalue weighted by molar-refractivity contribution is 6.19. The van der Waals surface area contributed by atoms with Gasteiger partial charge >= 0.3 is 0 Å². The Balaban J connectivity index is 1.22. The van der Waals surface area contributed by atoms with E-state index < -0.39 is 0 Å². The largest absolute Gasteiger partial charge is 0.456 e. The van der Waals surface area contributed by atoms with Gasteiger partial charge in [-0.3, -0.25) is 0 Å². The van der Waals surface area contributed by atoms with Crippen molar-refractivity contribution in [3.63, 3.8) is 0 Å². The number of rotatable bonds is 4. The zero-order valence-corrected chi connectivity index (χ0v) is 25.6. The Bertz CT molecular complexity index is 2840. The summed E-state index contributed by atoms with van der Waals surface area (Å²) in [4.78, 5) is 15.3. The lowest BCUT2D eigenvalue weighted by molar-refractivity contribution is 0.669. The highest BCUT2D eigenvalue weighted by Crippen LogP contribution is 2.41. The summed E-state index contributed by atoms with van der Waals surface area (Å²) in [6.07, 6.45) is 0. The molecule has 0 unspecified atom stereocenters. The molecule has 0 saturated carbocycles. The molecular formula is C43H25N3O2. The van der Waals surface area contributed by atoms with E-state index in [4.69, 9.17) is 23.8 Å². The van der Waals surface area contributed by atoms with Gasteiger partial charge in [0.1, 0.15) is 22.3 Å². The molecule has 10 aromatic rings. The quantitative estimate of drug-likeness (QED) is 0.197. The number of hydrogen-bond donors (Lipinski definition) is 0. The number of nitrogens with zero attached hydrogens (tertiary/aromatic N) is 3. The highest BCUT2D eigenvalue weighted by Gasteiger charge is 2.20. The van der Waals surface area contributed by atoms with Crippen LogP contribution >= 0.6 is 0 Å². The van der Waals surface area contributed by atoms with E-state index >= 15 is 0 Å². The number of aromatic nitrogens is 3. The van der Waals surface area contributed by atoms with Gasteiger partial charge in [-0.1, -0.05) is 127 Å². The third-order valence-corrected chi connectivity index (χ3v) is 9.13. The zero-order chi connectivity index (χ0) is 31.6. The predicted octanol–water partition coefficient (Wildman–Crippen LogP) is 11.5. The molecule has 224 valence electrons. The molecule has 0 radical (unpaired) electrons. The van der Waals surface area contributed by atoms with Crippen LogP contribution in [0.1, 0.15) is 0 Å². The lowest BCUT2D eigenvalue weighted by atomic mass is 10.00. The number of fused-ring (bicyclic) bond motifs is 8. The summed E-state index contributed by atoms with van der Waals surface area (Å²) in [5, 5.41) is 6.39. The summed E-state index contributed by atoms with van der Waals surface area (Å²) in [5.41, 5.74) is 8.22. The fourth-order valence-corrected chi connectivity index (χ4v) is 6.90. The molecule has 0 spiro atoms. The molecule has 10 rings (SSSR count). The smallest absolute Gasteiger partial charge is 0.164 e. The zero-order valence-electron chi connectivity index (χ0n) is 25.6.